The summed E-state index contributed by atoms with van der Waals surface area (Å²) in [6, 6.07) is 19.7. The van der Waals surface area contributed by atoms with E-state index in [4.69, 9.17) is 9.47 Å². The second-order valence-electron chi connectivity index (χ2n) is 8.30. The first-order valence-corrected chi connectivity index (χ1v) is 11.3. The van der Waals surface area contributed by atoms with Gasteiger partial charge in [0.2, 0.25) is 5.91 Å². The van der Waals surface area contributed by atoms with Gasteiger partial charge in [-0.2, -0.15) is 0 Å². The Morgan fingerprint density at radius 2 is 1.67 bits per heavy atom. The van der Waals surface area contributed by atoms with Crippen molar-refractivity contribution >= 4 is 34.3 Å². The Kier molecular flexibility index (Phi) is 6.08. The molecule has 36 heavy (non-hydrogen) atoms. The molecule has 0 saturated heterocycles. The van der Waals surface area contributed by atoms with Gasteiger partial charge in [0, 0.05) is 18.0 Å². The number of carbonyl (C=O) groups is 3. The highest BCUT2D eigenvalue weighted by atomic mass is 16.5. The number of rotatable bonds is 7. The van der Waals surface area contributed by atoms with Crippen molar-refractivity contribution in [2.75, 3.05) is 19.5 Å². The van der Waals surface area contributed by atoms with Gasteiger partial charge in [0.25, 0.3) is 11.8 Å². The first kappa shape index (κ1) is 23.0. The molecule has 180 valence electrons. The number of methoxy groups -OCH3 is 2. The molecule has 1 aromatic heterocycles. The maximum Gasteiger partial charge on any atom is 0.262 e. The molecular formula is C28H23N3O5. The SMILES string of the molecule is COc1cccc(C[C@@H](C(=O)Nc2ccc(OC)c3cccnc23)N2C(=O)c3ccccc3C2=O)c1. The third kappa shape index (κ3) is 4.02. The molecule has 0 unspecified atom stereocenters. The lowest BCUT2D eigenvalue weighted by atomic mass is 10.0. The molecule has 0 radical (unpaired) electrons. The number of hydrogen-bond donors (Lipinski definition) is 1. The fourth-order valence-electron chi connectivity index (χ4n) is 4.46. The molecule has 2 heterocycles. The average Bonchev–Trinajstić information content (AvgIpc) is 3.17. The monoisotopic (exact) mass is 481 g/mol. The van der Waals surface area contributed by atoms with Gasteiger partial charge in [-0.05, 0) is 54.1 Å². The summed E-state index contributed by atoms with van der Waals surface area (Å²) in [6.45, 7) is 0. The van der Waals surface area contributed by atoms with E-state index in [9.17, 15) is 14.4 Å². The van der Waals surface area contributed by atoms with Crippen LogP contribution in [0, 0.1) is 0 Å². The van der Waals surface area contributed by atoms with Crippen molar-refractivity contribution < 1.29 is 23.9 Å². The molecule has 1 atom stereocenters. The number of nitrogens with zero attached hydrogens (tertiary/aromatic N) is 2. The van der Waals surface area contributed by atoms with Gasteiger partial charge in [-0.1, -0.05) is 24.3 Å². The number of hydrogen-bond acceptors (Lipinski definition) is 6. The lowest BCUT2D eigenvalue weighted by Gasteiger charge is -2.26. The molecule has 3 aromatic carbocycles. The fraction of sp³-hybridized carbons (Fsp3) is 0.143. The zero-order valence-corrected chi connectivity index (χ0v) is 19.7. The number of aromatic nitrogens is 1. The van der Waals surface area contributed by atoms with Gasteiger partial charge in [0.05, 0.1) is 36.6 Å². The molecule has 0 fully saturated rings. The van der Waals surface area contributed by atoms with E-state index in [1.54, 1.807) is 81.1 Å². The van der Waals surface area contributed by atoms with E-state index in [1.807, 2.05) is 12.1 Å². The number of anilines is 1. The Morgan fingerprint density at radius 3 is 2.36 bits per heavy atom. The average molecular weight is 482 g/mol. The largest absolute Gasteiger partial charge is 0.497 e. The second kappa shape index (κ2) is 9.50. The van der Waals surface area contributed by atoms with E-state index >= 15 is 0 Å². The predicted octanol–water partition coefficient (Wildman–Crippen LogP) is 4.10. The fourth-order valence-corrected chi connectivity index (χ4v) is 4.46. The van der Waals surface area contributed by atoms with E-state index in [-0.39, 0.29) is 17.5 Å². The van der Waals surface area contributed by atoms with Crippen LogP contribution < -0.4 is 14.8 Å². The number of amides is 3. The molecule has 0 aliphatic carbocycles. The zero-order valence-electron chi connectivity index (χ0n) is 19.7. The van der Waals surface area contributed by atoms with Crippen molar-refractivity contribution in [3.8, 4) is 11.5 Å². The van der Waals surface area contributed by atoms with Crippen LogP contribution in [0.25, 0.3) is 10.9 Å². The Hall–Kier alpha value is -4.72. The Morgan fingerprint density at radius 1 is 0.917 bits per heavy atom. The normalized spacial score (nSPS) is 13.4. The predicted molar refractivity (Wildman–Crippen MR) is 134 cm³/mol. The first-order chi connectivity index (χ1) is 17.5. The van der Waals surface area contributed by atoms with Crippen LogP contribution in [0.1, 0.15) is 26.3 Å². The first-order valence-electron chi connectivity index (χ1n) is 11.3. The lowest BCUT2D eigenvalue weighted by molar-refractivity contribution is -0.119. The molecule has 1 aliphatic rings. The summed E-state index contributed by atoms with van der Waals surface area (Å²) in [5.41, 5.74) is 2.28. The van der Waals surface area contributed by atoms with Crippen molar-refractivity contribution in [1.29, 1.82) is 0 Å². The summed E-state index contributed by atoms with van der Waals surface area (Å²) < 4.78 is 10.7. The van der Waals surface area contributed by atoms with Gasteiger partial charge in [0.15, 0.2) is 0 Å². The molecule has 8 heteroatoms. The lowest BCUT2D eigenvalue weighted by Crippen LogP contribution is -2.48. The van der Waals surface area contributed by atoms with Crippen LogP contribution in [-0.4, -0.2) is 47.9 Å². The van der Waals surface area contributed by atoms with Crippen LogP contribution >= 0.6 is 0 Å². The third-order valence-electron chi connectivity index (χ3n) is 6.21. The highest BCUT2D eigenvalue weighted by Gasteiger charge is 2.42. The van der Waals surface area contributed by atoms with Crippen LogP contribution in [0.15, 0.2) is 79.0 Å². The van der Waals surface area contributed by atoms with Gasteiger partial charge in [-0.25, -0.2) is 0 Å². The van der Waals surface area contributed by atoms with Crippen molar-refractivity contribution in [1.82, 2.24) is 9.88 Å². The number of pyridine rings is 1. The minimum absolute atomic E-state index is 0.107. The summed E-state index contributed by atoms with van der Waals surface area (Å²) in [7, 11) is 3.11. The molecule has 1 aliphatic heterocycles. The van der Waals surface area contributed by atoms with Gasteiger partial charge in [-0.3, -0.25) is 24.3 Å². The molecule has 0 spiro atoms. The van der Waals surface area contributed by atoms with Crippen molar-refractivity contribution in [3.05, 3.63) is 95.7 Å². The summed E-state index contributed by atoms with van der Waals surface area (Å²) >= 11 is 0. The van der Waals surface area contributed by atoms with Crippen LogP contribution in [0.4, 0.5) is 5.69 Å². The zero-order chi connectivity index (χ0) is 25.2. The van der Waals surface area contributed by atoms with Crippen molar-refractivity contribution in [2.24, 2.45) is 0 Å². The van der Waals surface area contributed by atoms with Crippen LogP contribution in [-0.2, 0) is 11.2 Å². The molecule has 0 saturated carbocycles. The highest BCUT2D eigenvalue weighted by Crippen LogP contribution is 2.31. The highest BCUT2D eigenvalue weighted by molar-refractivity contribution is 6.23. The topological polar surface area (TPSA) is 97.8 Å². The third-order valence-corrected chi connectivity index (χ3v) is 6.21. The smallest absolute Gasteiger partial charge is 0.262 e. The number of nitrogens with one attached hydrogen (secondary N) is 1. The minimum Gasteiger partial charge on any atom is -0.497 e. The van der Waals surface area contributed by atoms with E-state index in [0.717, 1.165) is 15.8 Å². The van der Waals surface area contributed by atoms with Crippen LogP contribution in [0.5, 0.6) is 11.5 Å². The quantitative estimate of drug-likeness (QED) is 0.399. The number of ether oxygens (including phenoxy) is 2. The van der Waals surface area contributed by atoms with E-state index < -0.39 is 23.8 Å². The summed E-state index contributed by atoms with van der Waals surface area (Å²) in [5, 5.41) is 3.62. The summed E-state index contributed by atoms with van der Waals surface area (Å²) in [4.78, 5) is 45.8. The van der Waals surface area contributed by atoms with Gasteiger partial charge in [-0.15, -0.1) is 0 Å². The molecule has 5 rings (SSSR count). The van der Waals surface area contributed by atoms with E-state index in [0.29, 0.717) is 22.7 Å². The Bertz CT molecular complexity index is 1460. The van der Waals surface area contributed by atoms with Gasteiger partial charge < -0.3 is 14.8 Å². The Balaban J connectivity index is 1.54. The molecule has 3 amide bonds. The van der Waals surface area contributed by atoms with E-state index in [2.05, 4.69) is 10.3 Å². The van der Waals surface area contributed by atoms with Crippen molar-refractivity contribution in [2.45, 2.75) is 12.5 Å². The van der Waals surface area contributed by atoms with Crippen LogP contribution in [0.3, 0.4) is 0 Å². The maximum absolute atomic E-state index is 13.8. The summed E-state index contributed by atoms with van der Waals surface area (Å²) in [6.07, 6.45) is 1.73. The maximum atomic E-state index is 13.8. The molecular weight excluding hydrogens is 458 g/mol. The van der Waals surface area contributed by atoms with Gasteiger partial charge in [0.1, 0.15) is 17.5 Å². The van der Waals surface area contributed by atoms with Gasteiger partial charge >= 0.3 is 0 Å². The Labute approximate surface area is 207 Å². The minimum atomic E-state index is -1.11. The number of benzene rings is 3. The standard InChI is InChI=1S/C28H23N3O5/c1-35-18-8-5-7-17(15-18)16-23(31-27(33)19-9-3-4-10-20(19)28(31)34)26(32)30-22-12-13-24(36-2)21-11-6-14-29-25(21)22/h3-15,23H,16H2,1-2H3,(H,30,32)/t23-/m0/s1. The molecule has 4 aromatic rings. The molecule has 1 N–H and O–H groups in total. The van der Waals surface area contributed by atoms with E-state index in [1.165, 1.54) is 0 Å². The summed E-state index contributed by atoms with van der Waals surface area (Å²) in [5.74, 6) is -0.291. The van der Waals surface area contributed by atoms with Crippen molar-refractivity contribution in [3.63, 3.8) is 0 Å². The molecule has 8 nitrogen and oxygen atoms in total. The number of imide groups is 1. The number of fused-ring (bicyclic) bond motifs is 2. The number of carbonyl (C=O) groups excluding carboxylic acids is 3. The second-order valence-corrected chi connectivity index (χ2v) is 8.30. The van der Waals surface area contributed by atoms with Crippen LogP contribution in [0.2, 0.25) is 0 Å². The molecule has 0 bridgehead atoms.